The van der Waals surface area contributed by atoms with Crippen molar-refractivity contribution in [2.75, 3.05) is 7.05 Å². The molecule has 6 rings (SSSR count). The fourth-order valence-electron chi connectivity index (χ4n) is 9.13. The molecule has 0 unspecified atom stereocenters. The molecule has 0 aliphatic heterocycles. The third-order valence-electron chi connectivity index (χ3n) is 11.2. The summed E-state index contributed by atoms with van der Waals surface area (Å²) in [7, 11) is 1.99. The maximum Gasteiger partial charge on any atom is 0.219 e. The van der Waals surface area contributed by atoms with Crippen molar-refractivity contribution in [1.29, 1.82) is 0 Å². The van der Waals surface area contributed by atoms with E-state index in [-0.39, 0.29) is 16.7 Å². The van der Waals surface area contributed by atoms with Crippen LogP contribution in [-0.4, -0.2) is 28.9 Å². The quantitative estimate of drug-likeness (QED) is 0.429. The van der Waals surface area contributed by atoms with Crippen molar-refractivity contribution in [3.8, 4) is 0 Å². The Morgan fingerprint density at radius 1 is 1.00 bits per heavy atom. The Morgan fingerprint density at radius 3 is 2.60 bits per heavy atom. The molecule has 4 aliphatic rings. The molecule has 1 aromatic carbocycles. The molecule has 0 spiro atoms. The minimum Gasteiger partial charge on any atom is -0.343 e. The number of amides is 1. The molecule has 6 atom stereocenters. The van der Waals surface area contributed by atoms with Gasteiger partial charge in [-0.05, 0) is 102 Å². The molecule has 0 bridgehead atoms. The number of aromatic nitrogens is 1. The molecule has 3 nitrogen and oxygen atoms in total. The average Bonchev–Trinajstić information content (AvgIpc) is 3.21. The van der Waals surface area contributed by atoms with E-state index in [0.717, 1.165) is 18.8 Å². The SMILES string of the molecule is CC(=O)N(C)[C@H]1CC[C@@]2(C)C(=CC[C@]3(C)[C@@H]2CC[C@]2(C)C(c4ccc5ccncc5c4)=CC[C@@H]32)C1. The average molecular weight is 469 g/mol. The molecule has 1 amide bonds. The maximum atomic E-state index is 12.0. The Bertz CT molecular complexity index is 1260. The van der Waals surface area contributed by atoms with Gasteiger partial charge in [-0.25, -0.2) is 0 Å². The van der Waals surface area contributed by atoms with E-state index in [9.17, 15) is 4.79 Å². The van der Waals surface area contributed by atoms with Crippen LogP contribution < -0.4 is 0 Å². The van der Waals surface area contributed by atoms with E-state index in [1.54, 1.807) is 18.1 Å². The van der Waals surface area contributed by atoms with Crippen LogP contribution in [0.2, 0.25) is 0 Å². The predicted octanol–water partition coefficient (Wildman–Crippen LogP) is 7.43. The van der Waals surface area contributed by atoms with Gasteiger partial charge in [-0.3, -0.25) is 9.78 Å². The van der Waals surface area contributed by atoms with E-state index < -0.39 is 0 Å². The molecule has 3 heteroatoms. The first-order chi connectivity index (χ1) is 16.7. The van der Waals surface area contributed by atoms with E-state index in [4.69, 9.17) is 0 Å². The first-order valence-electron chi connectivity index (χ1n) is 13.6. The minimum atomic E-state index is 0.197. The number of pyridine rings is 1. The number of hydrogen-bond donors (Lipinski definition) is 0. The van der Waals surface area contributed by atoms with Crippen molar-refractivity contribution in [2.24, 2.45) is 28.1 Å². The van der Waals surface area contributed by atoms with Crippen LogP contribution in [0.3, 0.4) is 0 Å². The minimum absolute atomic E-state index is 0.197. The molecule has 0 radical (unpaired) electrons. The van der Waals surface area contributed by atoms with Crippen molar-refractivity contribution < 1.29 is 4.79 Å². The van der Waals surface area contributed by atoms with E-state index >= 15 is 0 Å². The first kappa shape index (κ1) is 23.0. The lowest BCUT2D eigenvalue weighted by atomic mass is 9.41. The summed E-state index contributed by atoms with van der Waals surface area (Å²) >= 11 is 0. The highest BCUT2D eigenvalue weighted by molar-refractivity contribution is 5.87. The predicted molar refractivity (Wildman–Crippen MR) is 144 cm³/mol. The number of nitrogens with zero attached hydrogens (tertiary/aromatic N) is 2. The molecular formula is C32H40N2O. The van der Waals surface area contributed by atoms with Gasteiger partial charge >= 0.3 is 0 Å². The van der Waals surface area contributed by atoms with Crippen LogP contribution in [0.25, 0.3) is 16.3 Å². The largest absolute Gasteiger partial charge is 0.343 e. The Labute approximate surface area is 210 Å². The Balaban J connectivity index is 1.32. The van der Waals surface area contributed by atoms with Crippen molar-refractivity contribution >= 4 is 22.3 Å². The summed E-state index contributed by atoms with van der Waals surface area (Å²) < 4.78 is 0. The van der Waals surface area contributed by atoms with Crippen LogP contribution in [0.1, 0.15) is 78.2 Å². The zero-order chi connectivity index (χ0) is 24.6. The summed E-state index contributed by atoms with van der Waals surface area (Å²) in [6.45, 7) is 9.45. The number of rotatable bonds is 2. The van der Waals surface area contributed by atoms with Gasteiger partial charge < -0.3 is 4.90 Å². The zero-order valence-electron chi connectivity index (χ0n) is 22.1. The molecule has 0 saturated heterocycles. The van der Waals surface area contributed by atoms with Gasteiger partial charge in [0.15, 0.2) is 0 Å². The monoisotopic (exact) mass is 468 g/mol. The highest BCUT2D eigenvalue weighted by atomic mass is 16.2. The standard InChI is InChI=1S/C32H40N2O/c1-21(35)34(5)26-11-15-30(2)25(19-26)10-14-32(4)28-9-8-27(31(28,3)16-12-29(30)32)23-7-6-22-13-17-33-20-24(22)18-23/h6-8,10,13,17-18,20,26,28-29H,9,11-12,14-16,19H2,1-5H3/t26-,28+,29+,30-,31+,32-/m0/s1. The van der Waals surface area contributed by atoms with Crippen molar-refractivity contribution in [3.05, 3.63) is 59.9 Å². The van der Waals surface area contributed by atoms with Crippen LogP contribution in [0.5, 0.6) is 0 Å². The van der Waals surface area contributed by atoms with Gasteiger partial charge in [0.05, 0.1) is 0 Å². The maximum absolute atomic E-state index is 12.0. The molecule has 2 aromatic rings. The molecule has 2 saturated carbocycles. The van der Waals surface area contributed by atoms with Gasteiger partial charge in [0.25, 0.3) is 0 Å². The summed E-state index contributed by atoms with van der Waals surface area (Å²) in [6.07, 6.45) is 17.4. The lowest BCUT2D eigenvalue weighted by Crippen LogP contribution is -2.56. The number of benzene rings is 1. The van der Waals surface area contributed by atoms with Gasteiger partial charge in [-0.1, -0.05) is 50.6 Å². The topological polar surface area (TPSA) is 33.2 Å². The van der Waals surface area contributed by atoms with Crippen LogP contribution in [0.4, 0.5) is 0 Å². The van der Waals surface area contributed by atoms with Crippen molar-refractivity contribution in [3.63, 3.8) is 0 Å². The van der Waals surface area contributed by atoms with E-state index in [1.165, 1.54) is 48.4 Å². The van der Waals surface area contributed by atoms with Crippen LogP contribution in [0.15, 0.2) is 54.4 Å². The van der Waals surface area contributed by atoms with Gasteiger partial charge in [-0.15, -0.1) is 0 Å². The lowest BCUT2D eigenvalue weighted by Gasteiger charge is -2.63. The molecule has 4 aliphatic carbocycles. The van der Waals surface area contributed by atoms with E-state index in [1.807, 2.05) is 24.3 Å². The van der Waals surface area contributed by atoms with Crippen molar-refractivity contribution in [1.82, 2.24) is 9.88 Å². The number of carbonyl (C=O) groups excluding carboxylic acids is 1. The summed E-state index contributed by atoms with van der Waals surface area (Å²) in [5.41, 5.74) is 5.43. The van der Waals surface area contributed by atoms with E-state index in [2.05, 4.69) is 62.2 Å². The molecule has 2 fully saturated rings. The second-order valence-corrected chi connectivity index (χ2v) is 12.7. The third kappa shape index (κ3) is 3.22. The van der Waals surface area contributed by atoms with Gasteiger partial charge in [0, 0.05) is 37.8 Å². The lowest BCUT2D eigenvalue weighted by molar-refractivity contribution is -0.131. The summed E-state index contributed by atoms with van der Waals surface area (Å²) in [6, 6.07) is 9.44. The molecule has 0 N–H and O–H groups in total. The Hall–Kier alpha value is -2.42. The number of allylic oxidation sites excluding steroid dienone is 3. The first-order valence-corrected chi connectivity index (χ1v) is 13.6. The van der Waals surface area contributed by atoms with Crippen LogP contribution in [0, 0.1) is 28.1 Å². The smallest absolute Gasteiger partial charge is 0.219 e. The highest BCUT2D eigenvalue weighted by Crippen LogP contribution is 2.71. The van der Waals surface area contributed by atoms with Crippen LogP contribution >= 0.6 is 0 Å². The molecule has 35 heavy (non-hydrogen) atoms. The normalized spacial score (nSPS) is 38.1. The Morgan fingerprint density at radius 2 is 1.80 bits per heavy atom. The summed E-state index contributed by atoms with van der Waals surface area (Å²) in [4.78, 5) is 18.4. The fraction of sp³-hybridized carbons (Fsp3) is 0.562. The summed E-state index contributed by atoms with van der Waals surface area (Å²) in [5.74, 6) is 1.60. The molecular weight excluding hydrogens is 428 g/mol. The molecule has 1 aromatic heterocycles. The molecule has 184 valence electrons. The van der Waals surface area contributed by atoms with Crippen LogP contribution in [-0.2, 0) is 4.79 Å². The Kier molecular flexibility index (Phi) is 5.12. The second kappa shape index (κ2) is 7.79. The van der Waals surface area contributed by atoms with Gasteiger partial charge in [0.2, 0.25) is 5.91 Å². The number of fused-ring (bicyclic) bond motifs is 6. The van der Waals surface area contributed by atoms with E-state index in [0.29, 0.717) is 17.4 Å². The van der Waals surface area contributed by atoms with Gasteiger partial charge in [-0.2, -0.15) is 0 Å². The zero-order valence-corrected chi connectivity index (χ0v) is 22.1. The highest BCUT2D eigenvalue weighted by Gasteiger charge is 2.62. The van der Waals surface area contributed by atoms with Gasteiger partial charge in [0.1, 0.15) is 0 Å². The molecule has 1 heterocycles. The van der Waals surface area contributed by atoms with Crippen molar-refractivity contribution in [2.45, 2.75) is 78.7 Å². The second-order valence-electron chi connectivity index (χ2n) is 12.7. The number of carbonyl (C=O) groups is 1. The number of hydrogen-bond acceptors (Lipinski definition) is 2. The fourth-order valence-corrected chi connectivity index (χ4v) is 9.13. The summed E-state index contributed by atoms with van der Waals surface area (Å²) in [5, 5.41) is 2.51. The third-order valence-corrected chi connectivity index (χ3v) is 11.2.